The minimum Gasteiger partial charge on any atom is -0.472 e. The molecule has 4 heteroatoms. The lowest BCUT2D eigenvalue weighted by atomic mass is 9.80. The first-order valence-corrected chi connectivity index (χ1v) is 10.0. The van der Waals surface area contributed by atoms with Crippen molar-refractivity contribution in [2.24, 2.45) is 5.92 Å². The first-order valence-electron chi connectivity index (χ1n) is 9.25. The van der Waals surface area contributed by atoms with Crippen molar-refractivity contribution in [1.82, 2.24) is 0 Å². The van der Waals surface area contributed by atoms with Crippen molar-refractivity contribution in [3.8, 4) is 0 Å². The van der Waals surface area contributed by atoms with Gasteiger partial charge < -0.3 is 14.2 Å². The minimum absolute atomic E-state index is 0.00612. The summed E-state index contributed by atoms with van der Waals surface area (Å²) in [5, 5.41) is 0. The molecule has 2 aromatic carbocycles. The summed E-state index contributed by atoms with van der Waals surface area (Å²) in [6.07, 6.45) is 3.97. The Morgan fingerprint density at radius 1 is 0.889 bits per heavy atom. The summed E-state index contributed by atoms with van der Waals surface area (Å²) in [5.74, 6) is 0.304. The van der Waals surface area contributed by atoms with Crippen molar-refractivity contribution in [3.63, 3.8) is 0 Å². The van der Waals surface area contributed by atoms with E-state index in [0.717, 1.165) is 22.5 Å². The Morgan fingerprint density at radius 3 is 2.07 bits per heavy atom. The van der Waals surface area contributed by atoms with E-state index in [1.807, 2.05) is 26.0 Å². The van der Waals surface area contributed by atoms with Crippen LogP contribution in [0.3, 0.4) is 0 Å². The maximum Gasteiger partial charge on any atom is 0.209 e. The van der Waals surface area contributed by atoms with Crippen LogP contribution in [0.2, 0.25) is 0 Å². The molecule has 138 valence electrons. The minimum atomic E-state index is -0.718. The van der Waals surface area contributed by atoms with Crippen molar-refractivity contribution in [2.75, 3.05) is 0 Å². The maximum atomic E-state index is 6.56. The average molecular weight is 425 g/mol. The van der Waals surface area contributed by atoms with Gasteiger partial charge in [0.15, 0.2) is 5.79 Å². The highest BCUT2D eigenvalue weighted by molar-refractivity contribution is 9.10. The van der Waals surface area contributed by atoms with Gasteiger partial charge in [0, 0.05) is 5.57 Å². The second kappa shape index (κ2) is 6.06. The summed E-state index contributed by atoms with van der Waals surface area (Å²) in [4.78, 5) is 0. The van der Waals surface area contributed by atoms with Crippen molar-refractivity contribution in [1.29, 1.82) is 0 Å². The zero-order valence-corrected chi connectivity index (χ0v) is 16.8. The molecule has 3 aliphatic heterocycles. The first kappa shape index (κ1) is 17.2. The van der Waals surface area contributed by atoms with Crippen molar-refractivity contribution in [2.45, 2.75) is 36.4 Å². The summed E-state index contributed by atoms with van der Waals surface area (Å²) in [5.41, 5.74) is 3.36. The van der Waals surface area contributed by atoms with E-state index in [-0.39, 0.29) is 18.1 Å². The number of fused-ring (bicyclic) bond motifs is 1. The smallest absolute Gasteiger partial charge is 0.209 e. The van der Waals surface area contributed by atoms with Gasteiger partial charge >= 0.3 is 0 Å². The van der Waals surface area contributed by atoms with E-state index in [2.05, 4.69) is 76.6 Å². The number of hydrogen-bond donors (Lipinski definition) is 0. The summed E-state index contributed by atoms with van der Waals surface area (Å²) in [6, 6.07) is 20.8. The Bertz CT molecular complexity index is 878. The molecule has 27 heavy (non-hydrogen) atoms. The molecule has 4 aliphatic rings. The van der Waals surface area contributed by atoms with Gasteiger partial charge in [-0.1, -0.05) is 66.7 Å². The number of benzene rings is 2. The predicted octanol–water partition coefficient (Wildman–Crippen LogP) is 5.27. The molecule has 3 nitrogen and oxygen atoms in total. The number of halogens is 1. The van der Waals surface area contributed by atoms with Gasteiger partial charge in [0.2, 0.25) is 4.51 Å². The van der Waals surface area contributed by atoms with Crippen molar-refractivity contribution in [3.05, 3.63) is 89.7 Å². The molecular formula is C23H21BrO3. The Balaban J connectivity index is 1.71. The topological polar surface area (TPSA) is 27.7 Å². The highest BCUT2D eigenvalue weighted by atomic mass is 79.9. The fraction of sp³-hybridized carbons (Fsp3) is 0.304. The van der Waals surface area contributed by atoms with Gasteiger partial charge in [-0.25, -0.2) is 0 Å². The molecule has 4 atom stereocenters. The third-order valence-electron chi connectivity index (χ3n) is 5.34. The van der Waals surface area contributed by atoms with Crippen LogP contribution in [0.25, 0.3) is 5.57 Å². The summed E-state index contributed by atoms with van der Waals surface area (Å²) in [7, 11) is 0. The fourth-order valence-electron chi connectivity index (χ4n) is 4.24. The zero-order valence-electron chi connectivity index (χ0n) is 15.3. The molecule has 2 fully saturated rings. The molecule has 0 spiro atoms. The standard InChI is InChI=1S/C23H21BrO3/c1-22(2)25-20-17-13-14-23(24,21(20)27-22)26-19(17)18(15-9-5-3-6-10-15)16-11-7-4-8-12-16/h3-14,17,20-21H,1-2H3/t17-,20-,21-,23-/m1/s1. The summed E-state index contributed by atoms with van der Waals surface area (Å²) < 4.78 is 18.3. The van der Waals surface area contributed by atoms with E-state index in [0.29, 0.717) is 0 Å². The van der Waals surface area contributed by atoms with Gasteiger partial charge in [-0.3, -0.25) is 0 Å². The second-order valence-corrected chi connectivity index (χ2v) is 8.92. The molecule has 2 aromatic rings. The molecule has 2 bridgehead atoms. The summed E-state index contributed by atoms with van der Waals surface area (Å²) in [6.45, 7) is 3.92. The van der Waals surface area contributed by atoms with Crippen LogP contribution in [0.15, 0.2) is 78.6 Å². The van der Waals surface area contributed by atoms with Crippen LogP contribution in [0.4, 0.5) is 0 Å². The van der Waals surface area contributed by atoms with Crippen LogP contribution in [0.1, 0.15) is 25.0 Å². The van der Waals surface area contributed by atoms with E-state index >= 15 is 0 Å². The van der Waals surface area contributed by atoms with Crippen LogP contribution in [-0.2, 0) is 14.2 Å². The third-order valence-corrected chi connectivity index (χ3v) is 6.22. The van der Waals surface area contributed by atoms with E-state index < -0.39 is 10.3 Å². The van der Waals surface area contributed by atoms with Gasteiger partial charge in [0.1, 0.15) is 18.0 Å². The molecule has 3 heterocycles. The van der Waals surface area contributed by atoms with Crippen LogP contribution >= 0.6 is 15.9 Å². The molecule has 0 unspecified atom stereocenters. The SMILES string of the molecule is CC1(C)O[C@@H]2[C@@H]3C=C[C@@](Br)(OC3=C(c3ccccc3)c3ccccc3)[C@@H]2O1. The van der Waals surface area contributed by atoms with Gasteiger partial charge in [-0.05, 0) is 47.0 Å². The van der Waals surface area contributed by atoms with Gasteiger partial charge in [-0.2, -0.15) is 0 Å². The molecular weight excluding hydrogens is 404 g/mol. The largest absolute Gasteiger partial charge is 0.472 e. The summed E-state index contributed by atoms with van der Waals surface area (Å²) >= 11 is 3.80. The lowest BCUT2D eigenvalue weighted by Gasteiger charge is -2.47. The van der Waals surface area contributed by atoms with Crippen LogP contribution in [-0.4, -0.2) is 22.5 Å². The highest BCUT2D eigenvalue weighted by Gasteiger charge is 2.61. The molecule has 6 rings (SSSR count). The van der Waals surface area contributed by atoms with Crippen LogP contribution in [0, 0.1) is 5.92 Å². The molecule has 0 radical (unpaired) electrons. The number of alkyl halides is 1. The molecule has 0 N–H and O–H groups in total. The monoisotopic (exact) mass is 424 g/mol. The van der Waals surface area contributed by atoms with E-state index in [1.54, 1.807) is 0 Å². The fourth-order valence-corrected chi connectivity index (χ4v) is 4.92. The highest BCUT2D eigenvalue weighted by Crippen LogP contribution is 2.55. The second-order valence-electron chi connectivity index (χ2n) is 7.68. The Hall–Kier alpha value is -1.88. The lowest BCUT2D eigenvalue weighted by molar-refractivity contribution is -0.151. The average Bonchev–Trinajstić information content (AvgIpc) is 3.01. The Morgan fingerprint density at radius 2 is 1.48 bits per heavy atom. The molecule has 0 saturated carbocycles. The van der Waals surface area contributed by atoms with Crippen LogP contribution in [0.5, 0.6) is 0 Å². The van der Waals surface area contributed by atoms with Crippen molar-refractivity contribution >= 4 is 21.5 Å². The van der Waals surface area contributed by atoms with E-state index in [9.17, 15) is 0 Å². The molecule has 2 saturated heterocycles. The van der Waals surface area contributed by atoms with E-state index in [1.165, 1.54) is 0 Å². The molecule has 1 aliphatic carbocycles. The molecule has 0 amide bonds. The Kier molecular flexibility index (Phi) is 3.87. The number of hydrogen-bond acceptors (Lipinski definition) is 3. The van der Waals surface area contributed by atoms with Gasteiger partial charge in [-0.15, -0.1) is 0 Å². The first-order chi connectivity index (χ1) is 13.0. The number of ether oxygens (including phenoxy) is 3. The normalized spacial score (nSPS) is 32.9. The van der Waals surface area contributed by atoms with Gasteiger partial charge in [0.05, 0.1) is 5.92 Å². The lowest BCUT2D eigenvalue weighted by Crippen LogP contribution is -2.55. The number of rotatable bonds is 2. The quantitative estimate of drug-likeness (QED) is 0.485. The van der Waals surface area contributed by atoms with Crippen LogP contribution < -0.4 is 0 Å². The third kappa shape index (κ3) is 2.78. The van der Waals surface area contributed by atoms with Crippen molar-refractivity contribution < 1.29 is 14.2 Å². The Labute approximate surface area is 167 Å². The predicted molar refractivity (Wildman–Crippen MR) is 108 cm³/mol. The maximum absolute atomic E-state index is 6.56. The van der Waals surface area contributed by atoms with E-state index in [4.69, 9.17) is 14.2 Å². The van der Waals surface area contributed by atoms with Gasteiger partial charge in [0.25, 0.3) is 0 Å². The zero-order chi connectivity index (χ0) is 18.6. The molecule has 0 aromatic heterocycles.